The van der Waals surface area contributed by atoms with Crippen LogP contribution in [0.25, 0.3) is 0 Å². The first kappa shape index (κ1) is 12.7. The summed E-state index contributed by atoms with van der Waals surface area (Å²) in [5, 5.41) is 0. The SMILES string of the molecule is CC1CCCN(C(=O)c2cc(Br)cn2C)C1C. The zero-order valence-corrected chi connectivity index (χ0v) is 12.2. The van der Waals surface area contributed by atoms with Gasteiger partial charge in [-0.15, -0.1) is 0 Å². The molecule has 1 aliphatic heterocycles. The number of amides is 1. The monoisotopic (exact) mass is 298 g/mol. The molecule has 2 rings (SSSR count). The number of hydrogen-bond acceptors (Lipinski definition) is 1. The van der Waals surface area contributed by atoms with E-state index in [0.29, 0.717) is 12.0 Å². The number of hydrogen-bond donors (Lipinski definition) is 0. The molecule has 3 nitrogen and oxygen atoms in total. The molecule has 1 fully saturated rings. The summed E-state index contributed by atoms with van der Waals surface area (Å²) >= 11 is 3.41. The molecule has 1 aromatic rings. The largest absolute Gasteiger partial charge is 0.345 e. The molecular formula is C13H19BrN2O. The number of carbonyl (C=O) groups excluding carboxylic acids is 1. The molecule has 4 heteroatoms. The fourth-order valence-electron chi connectivity index (χ4n) is 2.51. The third kappa shape index (κ3) is 2.41. The van der Waals surface area contributed by atoms with Crippen LogP contribution in [0.4, 0.5) is 0 Å². The van der Waals surface area contributed by atoms with E-state index in [0.717, 1.165) is 23.1 Å². The summed E-state index contributed by atoms with van der Waals surface area (Å²) in [5.74, 6) is 0.744. The molecule has 2 unspecified atom stereocenters. The van der Waals surface area contributed by atoms with Gasteiger partial charge in [-0.3, -0.25) is 4.79 Å². The standard InChI is InChI=1S/C13H19BrN2O/c1-9-5-4-6-16(10(9)2)13(17)12-7-11(14)8-15(12)3/h7-10H,4-6H2,1-3H3. The van der Waals surface area contributed by atoms with Gasteiger partial charge < -0.3 is 9.47 Å². The molecule has 0 bridgehead atoms. The van der Waals surface area contributed by atoms with Crippen LogP contribution in [0.2, 0.25) is 0 Å². The molecule has 1 aliphatic rings. The van der Waals surface area contributed by atoms with Crippen molar-refractivity contribution in [3.8, 4) is 0 Å². The maximum absolute atomic E-state index is 12.5. The zero-order chi connectivity index (χ0) is 12.6. The van der Waals surface area contributed by atoms with E-state index in [1.54, 1.807) is 0 Å². The minimum atomic E-state index is 0.150. The smallest absolute Gasteiger partial charge is 0.270 e. The van der Waals surface area contributed by atoms with Gasteiger partial charge >= 0.3 is 0 Å². The van der Waals surface area contributed by atoms with E-state index in [-0.39, 0.29) is 5.91 Å². The molecule has 2 heterocycles. The van der Waals surface area contributed by atoms with E-state index in [4.69, 9.17) is 0 Å². The average Bonchev–Trinajstić information content (AvgIpc) is 2.61. The molecule has 0 N–H and O–H groups in total. The van der Waals surface area contributed by atoms with Gasteiger partial charge in [0.2, 0.25) is 0 Å². The van der Waals surface area contributed by atoms with E-state index in [1.807, 2.05) is 28.8 Å². The topological polar surface area (TPSA) is 25.2 Å². The summed E-state index contributed by atoms with van der Waals surface area (Å²) in [6, 6.07) is 2.24. The van der Waals surface area contributed by atoms with Gasteiger partial charge in [-0.1, -0.05) is 6.92 Å². The molecule has 0 radical (unpaired) electrons. The van der Waals surface area contributed by atoms with Gasteiger partial charge in [0.1, 0.15) is 5.69 Å². The molecule has 1 saturated heterocycles. The number of carbonyl (C=O) groups is 1. The number of piperidine rings is 1. The highest BCUT2D eigenvalue weighted by molar-refractivity contribution is 9.10. The molecule has 0 aromatic carbocycles. The lowest BCUT2D eigenvalue weighted by Crippen LogP contribution is -2.46. The minimum absolute atomic E-state index is 0.150. The van der Waals surface area contributed by atoms with Crippen molar-refractivity contribution in [1.82, 2.24) is 9.47 Å². The van der Waals surface area contributed by atoms with Gasteiger partial charge in [0.15, 0.2) is 0 Å². The summed E-state index contributed by atoms with van der Waals surface area (Å²) in [4.78, 5) is 14.5. The lowest BCUT2D eigenvalue weighted by atomic mass is 9.92. The maximum atomic E-state index is 12.5. The lowest BCUT2D eigenvalue weighted by molar-refractivity contribution is 0.0541. The number of halogens is 1. The van der Waals surface area contributed by atoms with Crippen LogP contribution in [0.1, 0.15) is 37.2 Å². The Bertz CT molecular complexity index is 427. The maximum Gasteiger partial charge on any atom is 0.270 e. The van der Waals surface area contributed by atoms with Crippen LogP contribution < -0.4 is 0 Å². The summed E-state index contributed by atoms with van der Waals surface area (Å²) in [6.07, 6.45) is 4.26. The average molecular weight is 299 g/mol. The Morgan fingerprint density at radius 3 is 2.76 bits per heavy atom. The van der Waals surface area contributed by atoms with Gasteiger partial charge in [0.05, 0.1) is 0 Å². The van der Waals surface area contributed by atoms with E-state index >= 15 is 0 Å². The molecule has 0 spiro atoms. The van der Waals surface area contributed by atoms with Gasteiger partial charge in [0.25, 0.3) is 5.91 Å². The quantitative estimate of drug-likeness (QED) is 0.782. The molecule has 94 valence electrons. The Hall–Kier alpha value is -0.770. The van der Waals surface area contributed by atoms with E-state index in [9.17, 15) is 4.79 Å². The Labute approximate surface area is 111 Å². The highest BCUT2D eigenvalue weighted by Gasteiger charge is 2.30. The van der Waals surface area contributed by atoms with Gasteiger partial charge in [-0.2, -0.15) is 0 Å². The summed E-state index contributed by atoms with van der Waals surface area (Å²) in [5.41, 5.74) is 0.762. The molecular weight excluding hydrogens is 280 g/mol. The molecule has 1 aromatic heterocycles. The number of nitrogens with zero attached hydrogens (tertiary/aromatic N) is 2. The highest BCUT2D eigenvalue weighted by atomic mass is 79.9. The molecule has 0 saturated carbocycles. The van der Waals surface area contributed by atoms with Crippen molar-refractivity contribution < 1.29 is 4.79 Å². The normalized spacial score (nSPS) is 25.1. The second-order valence-electron chi connectivity index (χ2n) is 5.01. The predicted octanol–water partition coefficient (Wildman–Crippen LogP) is 3.05. The van der Waals surface area contributed by atoms with Crippen molar-refractivity contribution in [3.05, 3.63) is 22.4 Å². The van der Waals surface area contributed by atoms with Crippen LogP contribution in [0, 0.1) is 5.92 Å². The first-order chi connectivity index (χ1) is 8.00. The third-order valence-corrected chi connectivity index (χ3v) is 4.26. The van der Waals surface area contributed by atoms with Crippen LogP contribution in [0.3, 0.4) is 0 Å². The first-order valence-corrected chi connectivity index (χ1v) is 6.93. The van der Waals surface area contributed by atoms with Crippen LogP contribution in [-0.2, 0) is 7.05 Å². The number of likely N-dealkylation sites (tertiary alicyclic amines) is 1. The Kier molecular flexibility index (Phi) is 3.61. The van der Waals surface area contributed by atoms with Crippen LogP contribution in [0.15, 0.2) is 16.7 Å². The second kappa shape index (κ2) is 4.84. The molecule has 2 atom stereocenters. The van der Waals surface area contributed by atoms with Crippen LogP contribution in [0.5, 0.6) is 0 Å². The second-order valence-corrected chi connectivity index (χ2v) is 5.93. The van der Waals surface area contributed by atoms with Crippen molar-refractivity contribution >= 4 is 21.8 Å². The predicted molar refractivity (Wildman–Crippen MR) is 72.0 cm³/mol. The zero-order valence-electron chi connectivity index (χ0n) is 10.6. The fourth-order valence-corrected chi connectivity index (χ4v) is 3.03. The number of aromatic nitrogens is 1. The Balaban J connectivity index is 2.22. The van der Waals surface area contributed by atoms with Gasteiger partial charge in [-0.05, 0) is 47.7 Å². The summed E-state index contributed by atoms with van der Waals surface area (Å²) in [6.45, 7) is 5.26. The van der Waals surface area contributed by atoms with Crippen molar-refractivity contribution in [2.24, 2.45) is 13.0 Å². The molecule has 17 heavy (non-hydrogen) atoms. The van der Waals surface area contributed by atoms with Gasteiger partial charge in [-0.25, -0.2) is 0 Å². The van der Waals surface area contributed by atoms with Crippen molar-refractivity contribution in [2.75, 3.05) is 6.54 Å². The van der Waals surface area contributed by atoms with E-state index in [1.165, 1.54) is 6.42 Å². The summed E-state index contributed by atoms with van der Waals surface area (Å²) < 4.78 is 2.85. The first-order valence-electron chi connectivity index (χ1n) is 6.13. The van der Waals surface area contributed by atoms with Crippen LogP contribution in [-0.4, -0.2) is 28.0 Å². The van der Waals surface area contributed by atoms with E-state index in [2.05, 4.69) is 29.8 Å². The minimum Gasteiger partial charge on any atom is -0.345 e. The van der Waals surface area contributed by atoms with E-state index < -0.39 is 0 Å². The molecule has 1 amide bonds. The fraction of sp³-hybridized carbons (Fsp3) is 0.615. The van der Waals surface area contributed by atoms with Crippen molar-refractivity contribution in [1.29, 1.82) is 0 Å². The number of aryl methyl sites for hydroxylation is 1. The van der Waals surface area contributed by atoms with Gasteiger partial charge in [0, 0.05) is 30.3 Å². The Morgan fingerprint density at radius 1 is 1.47 bits per heavy atom. The lowest BCUT2D eigenvalue weighted by Gasteiger charge is -2.37. The third-order valence-electron chi connectivity index (χ3n) is 3.83. The molecule has 0 aliphatic carbocycles. The van der Waals surface area contributed by atoms with Crippen molar-refractivity contribution in [2.45, 2.75) is 32.7 Å². The van der Waals surface area contributed by atoms with Crippen LogP contribution >= 0.6 is 15.9 Å². The highest BCUT2D eigenvalue weighted by Crippen LogP contribution is 2.25. The van der Waals surface area contributed by atoms with Crippen molar-refractivity contribution in [3.63, 3.8) is 0 Å². The number of rotatable bonds is 1. The summed E-state index contributed by atoms with van der Waals surface area (Å²) in [7, 11) is 1.91. The Morgan fingerprint density at radius 2 is 2.18 bits per heavy atom.